The number of fused-ring (bicyclic) bond motifs is 2. The van der Waals surface area contributed by atoms with Crippen LogP contribution < -0.4 is 9.47 Å². The van der Waals surface area contributed by atoms with Crippen molar-refractivity contribution in [2.45, 2.75) is 6.42 Å². The zero-order chi connectivity index (χ0) is 15.3. The van der Waals surface area contributed by atoms with Crippen molar-refractivity contribution in [1.82, 2.24) is 0 Å². The number of aliphatic imine (C=N–C) groups is 1. The maximum atomic E-state index is 12.9. The number of hydrogen-bond donors (Lipinski definition) is 0. The molecule has 0 spiro atoms. The molecule has 0 N–H and O–H groups in total. The number of methoxy groups -OCH3 is 2. The lowest BCUT2D eigenvalue weighted by atomic mass is 9.79. The summed E-state index contributed by atoms with van der Waals surface area (Å²) in [4.78, 5) is 17.5. The Kier molecular flexibility index (Phi) is 2.79. The van der Waals surface area contributed by atoms with Gasteiger partial charge in [0.05, 0.1) is 19.9 Å². The molecule has 4 heteroatoms. The first-order chi connectivity index (χ1) is 10.8. The maximum Gasteiger partial charge on any atom is 0.194 e. The molecule has 0 unspecified atom stereocenters. The summed E-state index contributed by atoms with van der Waals surface area (Å²) in [5, 5.41) is 0. The van der Waals surface area contributed by atoms with E-state index in [1.54, 1.807) is 20.3 Å². The number of hydrogen-bond acceptors (Lipinski definition) is 4. The molecular formula is C18H15NO3. The summed E-state index contributed by atoms with van der Waals surface area (Å²) in [7, 11) is 3.22. The molecule has 0 fully saturated rings. The van der Waals surface area contributed by atoms with Gasteiger partial charge in [0.15, 0.2) is 17.3 Å². The van der Waals surface area contributed by atoms with Crippen LogP contribution in [0.15, 0.2) is 35.3 Å². The number of benzene rings is 2. The van der Waals surface area contributed by atoms with E-state index in [4.69, 9.17) is 9.47 Å². The summed E-state index contributed by atoms with van der Waals surface area (Å²) in [5.41, 5.74) is 5.09. The van der Waals surface area contributed by atoms with Crippen molar-refractivity contribution in [3.05, 3.63) is 58.1 Å². The van der Waals surface area contributed by atoms with Crippen molar-refractivity contribution < 1.29 is 14.3 Å². The average molecular weight is 293 g/mol. The van der Waals surface area contributed by atoms with Crippen LogP contribution in [-0.4, -0.2) is 32.3 Å². The molecule has 2 aliphatic rings. The predicted octanol–water partition coefficient (Wildman–Crippen LogP) is 2.64. The minimum absolute atomic E-state index is 0.0219. The summed E-state index contributed by atoms with van der Waals surface area (Å²) in [6, 6.07) is 9.41. The van der Waals surface area contributed by atoms with Gasteiger partial charge in [0.2, 0.25) is 0 Å². The van der Waals surface area contributed by atoms with Gasteiger partial charge in [-0.05, 0) is 12.5 Å². The van der Waals surface area contributed by atoms with Gasteiger partial charge in [-0.2, -0.15) is 0 Å². The molecule has 110 valence electrons. The van der Waals surface area contributed by atoms with E-state index in [1.165, 1.54) is 0 Å². The molecule has 0 bridgehead atoms. The third-order valence-corrected chi connectivity index (χ3v) is 4.31. The fourth-order valence-electron chi connectivity index (χ4n) is 3.37. The Hall–Kier alpha value is -2.62. The van der Waals surface area contributed by atoms with E-state index in [0.717, 1.165) is 28.8 Å². The number of ketones is 1. The highest BCUT2D eigenvalue weighted by atomic mass is 16.5. The van der Waals surface area contributed by atoms with Gasteiger partial charge in [-0.15, -0.1) is 0 Å². The first-order valence-corrected chi connectivity index (χ1v) is 7.23. The average Bonchev–Trinajstić information content (AvgIpc) is 2.58. The van der Waals surface area contributed by atoms with Crippen LogP contribution in [0.4, 0.5) is 0 Å². The molecule has 0 atom stereocenters. The second-order valence-electron chi connectivity index (χ2n) is 5.37. The molecule has 0 saturated heterocycles. The highest BCUT2D eigenvalue weighted by molar-refractivity contribution is 6.31. The topological polar surface area (TPSA) is 47.9 Å². The largest absolute Gasteiger partial charge is 0.493 e. The molecular weight excluding hydrogens is 278 g/mol. The second kappa shape index (κ2) is 4.70. The molecule has 1 heterocycles. The Labute approximate surface area is 128 Å². The van der Waals surface area contributed by atoms with Crippen molar-refractivity contribution >= 4 is 11.5 Å². The van der Waals surface area contributed by atoms with E-state index in [1.807, 2.05) is 24.3 Å². The van der Waals surface area contributed by atoms with Crippen LogP contribution in [0, 0.1) is 0 Å². The molecule has 22 heavy (non-hydrogen) atoms. The molecule has 0 saturated carbocycles. The molecule has 1 aliphatic carbocycles. The smallest absolute Gasteiger partial charge is 0.194 e. The number of carbonyl (C=O) groups excluding carboxylic acids is 1. The van der Waals surface area contributed by atoms with E-state index >= 15 is 0 Å². The Bertz CT molecular complexity index is 836. The lowest BCUT2D eigenvalue weighted by molar-refractivity contribution is 0.103. The Balaban J connectivity index is 2.10. The Morgan fingerprint density at radius 3 is 2.55 bits per heavy atom. The minimum atomic E-state index is 0.0219. The van der Waals surface area contributed by atoms with Gasteiger partial charge in [-0.25, -0.2) is 0 Å². The van der Waals surface area contributed by atoms with Crippen molar-refractivity contribution in [2.24, 2.45) is 4.99 Å². The second-order valence-corrected chi connectivity index (χ2v) is 5.37. The van der Waals surface area contributed by atoms with Gasteiger partial charge in [0, 0.05) is 34.4 Å². The van der Waals surface area contributed by atoms with Crippen molar-refractivity contribution in [3.8, 4) is 11.5 Å². The zero-order valence-corrected chi connectivity index (χ0v) is 12.5. The van der Waals surface area contributed by atoms with E-state index in [2.05, 4.69) is 4.99 Å². The monoisotopic (exact) mass is 293 g/mol. The molecule has 1 aliphatic heterocycles. The SMILES string of the molecule is COc1cc2c3c(c1OC)CCN=C3c1ccccc1C2=O. The predicted molar refractivity (Wildman–Crippen MR) is 83.6 cm³/mol. The van der Waals surface area contributed by atoms with E-state index in [-0.39, 0.29) is 5.78 Å². The first kappa shape index (κ1) is 13.1. The zero-order valence-electron chi connectivity index (χ0n) is 12.5. The van der Waals surface area contributed by atoms with Crippen molar-refractivity contribution in [3.63, 3.8) is 0 Å². The molecule has 2 aromatic rings. The summed E-state index contributed by atoms with van der Waals surface area (Å²) < 4.78 is 11.0. The van der Waals surface area contributed by atoms with Gasteiger partial charge in [-0.3, -0.25) is 9.79 Å². The highest BCUT2D eigenvalue weighted by Crippen LogP contribution is 2.42. The Morgan fingerprint density at radius 1 is 1.05 bits per heavy atom. The van der Waals surface area contributed by atoms with Crippen LogP contribution in [0.5, 0.6) is 11.5 Å². The number of carbonyl (C=O) groups is 1. The van der Waals surface area contributed by atoms with Crippen LogP contribution in [0.2, 0.25) is 0 Å². The van der Waals surface area contributed by atoms with Crippen LogP contribution in [-0.2, 0) is 6.42 Å². The van der Waals surface area contributed by atoms with Crippen LogP contribution in [0.3, 0.4) is 0 Å². The van der Waals surface area contributed by atoms with Gasteiger partial charge in [0.1, 0.15) is 0 Å². The number of ether oxygens (including phenoxy) is 2. The quantitative estimate of drug-likeness (QED) is 0.730. The molecule has 0 amide bonds. The first-order valence-electron chi connectivity index (χ1n) is 7.23. The third-order valence-electron chi connectivity index (χ3n) is 4.31. The fraction of sp³-hybridized carbons (Fsp3) is 0.222. The van der Waals surface area contributed by atoms with Crippen LogP contribution in [0.25, 0.3) is 0 Å². The van der Waals surface area contributed by atoms with E-state index in [0.29, 0.717) is 29.2 Å². The van der Waals surface area contributed by atoms with Crippen LogP contribution >= 0.6 is 0 Å². The van der Waals surface area contributed by atoms with Crippen LogP contribution in [0.1, 0.15) is 32.6 Å². The third kappa shape index (κ3) is 1.58. The van der Waals surface area contributed by atoms with Gasteiger partial charge in [0.25, 0.3) is 0 Å². The normalized spacial score (nSPS) is 14.8. The van der Waals surface area contributed by atoms with Gasteiger partial charge < -0.3 is 9.47 Å². The fourth-order valence-corrected chi connectivity index (χ4v) is 3.37. The van der Waals surface area contributed by atoms with E-state index < -0.39 is 0 Å². The molecule has 4 nitrogen and oxygen atoms in total. The highest BCUT2D eigenvalue weighted by Gasteiger charge is 2.34. The Morgan fingerprint density at radius 2 is 1.82 bits per heavy atom. The lowest BCUT2D eigenvalue weighted by Crippen LogP contribution is -2.27. The number of nitrogens with zero attached hydrogens (tertiary/aromatic N) is 1. The summed E-state index contributed by atoms with van der Waals surface area (Å²) in [6.07, 6.45) is 0.752. The van der Waals surface area contributed by atoms with E-state index in [9.17, 15) is 4.79 Å². The van der Waals surface area contributed by atoms with Crippen molar-refractivity contribution in [1.29, 1.82) is 0 Å². The maximum absolute atomic E-state index is 12.9. The summed E-state index contributed by atoms with van der Waals surface area (Å²) in [5.74, 6) is 1.33. The molecule has 4 rings (SSSR count). The lowest BCUT2D eigenvalue weighted by Gasteiger charge is -2.28. The number of rotatable bonds is 2. The molecule has 2 aromatic carbocycles. The molecule has 0 aromatic heterocycles. The van der Waals surface area contributed by atoms with Gasteiger partial charge in [-0.1, -0.05) is 24.3 Å². The van der Waals surface area contributed by atoms with Crippen molar-refractivity contribution in [2.75, 3.05) is 20.8 Å². The standard InChI is InChI=1S/C18H15NO3/c1-21-14-9-13-15-12(18(14)22-2)7-8-19-16(15)10-5-3-4-6-11(10)17(13)20/h3-6,9H,7-8H2,1-2H3. The summed E-state index contributed by atoms with van der Waals surface area (Å²) in [6.45, 7) is 0.688. The summed E-state index contributed by atoms with van der Waals surface area (Å²) >= 11 is 0. The van der Waals surface area contributed by atoms with Gasteiger partial charge >= 0.3 is 0 Å². The minimum Gasteiger partial charge on any atom is -0.493 e. The molecule has 0 radical (unpaired) electrons.